The molecule has 1 unspecified atom stereocenters. The zero-order chi connectivity index (χ0) is 12.0. The summed E-state index contributed by atoms with van der Waals surface area (Å²) in [7, 11) is -2.81. The predicted molar refractivity (Wildman–Crippen MR) is 65.3 cm³/mol. The molecule has 0 aromatic carbocycles. The molecule has 1 rings (SSSR count). The van der Waals surface area contributed by atoms with Crippen LogP contribution in [-0.2, 0) is 14.6 Å². The molecule has 1 heterocycles. The van der Waals surface area contributed by atoms with Gasteiger partial charge in [-0.1, -0.05) is 0 Å². The van der Waals surface area contributed by atoms with E-state index in [1.54, 1.807) is 0 Å². The van der Waals surface area contributed by atoms with Crippen molar-refractivity contribution in [1.82, 2.24) is 5.32 Å². The lowest BCUT2D eigenvalue weighted by Gasteiger charge is -2.28. The molecule has 1 fully saturated rings. The standard InChI is InChI=1S/C11H23NO3S/c1-10(11-4-7-15-8-5-11)12-6-3-9-16(2,13)14/h10-12H,3-9H2,1-2H3. The van der Waals surface area contributed by atoms with Crippen LogP contribution in [0.2, 0.25) is 0 Å². The van der Waals surface area contributed by atoms with E-state index in [0.717, 1.165) is 32.6 Å². The van der Waals surface area contributed by atoms with Crippen LogP contribution in [0.25, 0.3) is 0 Å². The highest BCUT2D eigenvalue weighted by molar-refractivity contribution is 7.90. The van der Waals surface area contributed by atoms with Gasteiger partial charge < -0.3 is 10.1 Å². The summed E-state index contributed by atoms with van der Waals surface area (Å²) in [4.78, 5) is 0. The van der Waals surface area contributed by atoms with E-state index in [2.05, 4.69) is 12.2 Å². The van der Waals surface area contributed by atoms with E-state index < -0.39 is 9.84 Å². The minimum atomic E-state index is -2.81. The second kappa shape index (κ2) is 6.57. The van der Waals surface area contributed by atoms with Crippen molar-refractivity contribution >= 4 is 9.84 Å². The highest BCUT2D eigenvalue weighted by Crippen LogP contribution is 2.18. The van der Waals surface area contributed by atoms with Gasteiger partial charge in [-0.25, -0.2) is 8.42 Å². The van der Waals surface area contributed by atoms with Crippen molar-refractivity contribution in [3.05, 3.63) is 0 Å². The Kier molecular flexibility index (Phi) is 5.72. The molecule has 1 saturated heterocycles. The summed E-state index contributed by atoms with van der Waals surface area (Å²) in [6, 6.07) is 0.462. The van der Waals surface area contributed by atoms with Crippen molar-refractivity contribution in [3.8, 4) is 0 Å². The largest absolute Gasteiger partial charge is 0.381 e. The van der Waals surface area contributed by atoms with Crippen molar-refractivity contribution < 1.29 is 13.2 Å². The van der Waals surface area contributed by atoms with Crippen molar-refractivity contribution in [2.45, 2.75) is 32.2 Å². The van der Waals surface area contributed by atoms with Crippen LogP contribution >= 0.6 is 0 Å². The number of ether oxygens (including phenoxy) is 1. The Bertz CT molecular complexity index is 284. The zero-order valence-corrected chi connectivity index (χ0v) is 11.1. The molecular formula is C11H23NO3S. The fourth-order valence-corrected chi connectivity index (χ4v) is 2.72. The van der Waals surface area contributed by atoms with Crippen LogP contribution in [0, 0.1) is 5.92 Å². The SMILES string of the molecule is CC(NCCCS(C)(=O)=O)C1CCOCC1. The molecule has 0 radical (unpaired) electrons. The van der Waals surface area contributed by atoms with Crippen LogP contribution in [0.15, 0.2) is 0 Å². The van der Waals surface area contributed by atoms with Gasteiger partial charge in [-0.3, -0.25) is 0 Å². The van der Waals surface area contributed by atoms with Crippen LogP contribution in [-0.4, -0.2) is 46.2 Å². The van der Waals surface area contributed by atoms with E-state index in [1.807, 2.05) is 0 Å². The molecule has 1 atom stereocenters. The third-order valence-corrected chi connectivity index (χ3v) is 4.16. The molecule has 0 amide bonds. The first-order chi connectivity index (χ1) is 7.49. The van der Waals surface area contributed by atoms with E-state index in [1.165, 1.54) is 6.26 Å². The Balaban J connectivity index is 2.12. The predicted octanol–water partition coefficient (Wildman–Crippen LogP) is 0.826. The summed E-state index contributed by atoms with van der Waals surface area (Å²) in [6.07, 6.45) is 4.21. The van der Waals surface area contributed by atoms with Crippen molar-refractivity contribution in [2.24, 2.45) is 5.92 Å². The Morgan fingerprint density at radius 2 is 2.00 bits per heavy atom. The van der Waals surface area contributed by atoms with E-state index in [4.69, 9.17) is 4.74 Å². The smallest absolute Gasteiger partial charge is 0.147 e. The second-order valence-electron chi connectivity index (χ2n) is 4.68. The van der Waals surface area contributed by atoms with Gasteiger partial charge in [-0.15, -0.1) is 0 Å². The first-order valence-corrected chi connectivity index (χ1v) is 8.04. The molecule has 16 heavy (non-hydrogen) atoms. The van der Waals surface area contributed by atoms with E-state index in [9.17, 15) is 8.42 Å². The highest BCUT2D eigenvalue weighted by atomic mass is 32.2. The molecule has 0 aromatic heterocycles. The van der Waals surface area contributed by atoms with Crippen LogP contribution in [0.1, 0.15) is 26.2 Å². The highest BCUT2D eigenvalue weighted by Gasteiger charge is 2.19. The van der Waals surface area contributed by atoms with Crippen LogP contribution in [0.3, 0.4) is 0 Å². The molecule has 1 N–H and O–H groups in total. The summed E-state index contributed by atoms with van der Waals surface area (Å²) in [6.45, 7) is 4.68. The van der Waals surface area contributed by atoms with Crippen molar-refractivity contribution in [2.75, 3.05) is 31.8 Å². The minimum absolute atomic E-state index is 0.278. The summed E-state index contributed by atoms with van der Waals surface area (Å²) >= 11 is 0. The molecular weight excluding hydrogens is 226 g/mol. The summed E-state index contributed by atoms with van der Waals surface area (Å²) in [5.41, 5.74) is 0. The lowest BCUT2D eigenvalue weighted by molar-refractivity contribution is 0.0560. The number of hydrogen-bond donors (Lipinski definition) is 1. The van der Waals surface area contributed by atoms with Gasteiger partial charge in [0.1, 0.15) is 9.84 Å². The average molecular weight is 249 g/mol. The molecule has 1 aliphatic rings. The zero-order valence-electron chi connectivity index (χ0n) is 10.2. The van der Waals surface area contributed by atoms with Crippen LogP contribution in [0.5, 0.6) is 0 Å². The van der Waals surface area contributed by atoms with Crippen molar-refractivity contribution in [1.29, 1.82) is 0 Å². The van der Waals surface area contributed by atoms with E-state index in [0.29, 0.717) is 18.4 Å². The van der Waals surface area contributed by atoms with Gasteiger partial charge in [-0.2, -0.15) is 0 Å². The summed E-state index contributed by atoms with van der Waals surface area (Å²) in [5.74, 6) is 0.951. The van der Waals surface area contributed by atoms with Gasteiger partial charge in [0.15, 0.2) is 0 Å². The Hall–Kier alpha value is -0.130. The van der Waals surface area contributed by atoms with Crippen LogP contribution in [0.4, 0.5) is 0 Å². The maximum atomic E-state index is 10.9. The lowest BCUT2D eigenvalue weighted by atomic mass is 9.93. The van der Waals surface area contributed by atoms with Gasteiger partial charge in [0.05, 0.1) is 5.75 Å². The first-order valence-electron chi connectivity index (χ1n) is 5.98. The fourth-order valence-electron chi connectivity index (χ4n) is 2.05. The molecule has 5 heteroatoms. The summed E-state index contributed by atoms with van der Waals surface area (Å²) in [5, 5.41) is 3.40. The number of rotatable bonds is 6. The van der Waals surface area contributed by atoms with Gasteiger partial charge in [0, 0.05) is 25.5 Å². The fraction of sp³-hybridized carbons (Fsp3) is 1.00. The quantitative estimate of drug-likeness (QED) is 0.708. The topological polar surface area (TPSA) is 55.4 Å². The Labute approximate surface area is 98.7 Å². The third kappa shape index (κ3) is 5.82. The van der Waals surface area contributed by atoms with Gasteiger partial charge in [0.25, 0.3) is 0 Å². The monoisotopic (exact) mass is 249 g/mol. The molecule has 0 saturated carbocycles. The van der Waals surface area contributed by atoms with Crippen molar-refractivity contribution in [3.63, 3.8) is 0 Å². The average Bonchev–Trinajstić information content (AvgIpc) is 2.24. The molecule has 0 aromatic rings. The van der Waals surface area contributed by atoms with E-state index >= 15 is 0 Å². The van der Waals surface area contributed by atoms with Gasteiger partial charge >= 0.3 is 0 Å². The molecule has 4 nitrogen and oxygen atoms in total. The molecule has 0 spiro atoms. The van der Waals surface area contributed by atoms with Gasteiger partial charge in [-0.05, 0) is 38.6 Å². The lowest BCUT2D eigenvalue weighted by Crippen LogP contribution is -2.37. The molecule has 1 aliphatic heterocycles. The Morgan fingerprint density at radius 1 is 1.38 bits per heavy atom. The second-order valence-corrected chi connectivity index (χ2v) is 6.94. The first kappa shape index (κ1) is 13.9. The normalized spacial score (nSPS) is 20.9. The number of sulfone groups is 1. The third-order valence-electron chi connectivity index (χ3n) is 3.13. The molecule has 0 bridgehead atoms. The number of nitrogens with one attached hydrogen (secondary N) is 1. The number of hydrogen-bond acceptors (Lipinski definition) is 4. The van der Waals surface area contributed by atoms with Crippen LogP contribution < -0.4 is 5.32 Å². The minimum Gasteiger partial charge on any atom is -0.381 e. The van der Waals surface area contributed by atoms with Gasteiger partial charge in [0.2, 0.25) is 0 Å². The summed E-state index contributed by atoms with van der Waals surface area (Å²) < 4.78 is 27.2. The van der Waals surface area contributed by atoms with E-state index in [-0.39, 0.29) is 5.75 Å². The molecule has 0 aliphatic carbocycles. The maximum absolute atomic E-state index is 10.9. The maximum Gasteiger partial charge on any atom is 0.147 e. The Morgan fingerprint density at radius 3 is 2.56 bits per heavy atom. The molecule has 96 valence electrons.